The van der Waals surface area contributed by atoms with Crippen LogP contribution in [0.2, 0.25) is 0 Å². The van der Waals surface area contributed by atoms with Gasteiger partial charge >= 0.3 is 0 Å². The number of carbonyl (C=O) groups is 1. The van der Waals surface area contributed by atoms with Crippen LogP contribution in [0.3, 0.4) is 0 Å². The summed E-state index contributed by atoms with van der Waals surface area (Å²) in [6, 6.07) is 32.2. The van der Waals surface area contributed by atoms with Crippen molar-refractivity contribution in [3.8, 4) is 0 Å². The zero-order chi connectivity index (χ0) is 20.3. The molecular weight excluding hydrogens is 368 g/mol. The monoisotopic (exact) mass is 388 g/mol. The molecule has 0 N–H and O–H groups in total. The molecule has 0 atom stereocenters. The maximum Gasteiger partial charge on any atom is 0.185 e. The summed E-state index contributed by atoms with van der Waals surface area (Å²) in [4.78, 5) is 17.3. The van der Waals surface area contributed by atoms with E-state index in [1.165, 1.54) is 16.3 Å². The first-order valence-electron chi connectivity index (χ1n) is 9.98. The van der Waals surface area contributed by atoms with Crippen molar-refractivity contribution >= 4 is 33.7 Å². The highest BCUT2D eigenvalue weighted by atomic mass is 16.1. The van der Waals surface area contributed by atoms with Crippen LogP contribution in [0.5, 0.6) is 0 Å². The zero-order valence-electron chi connectivity index (χ0n) is 16.4. The predicted molar refractivity (Wildman–Crippen MR) is 123 cm³/mol. The molecule has 0 amide bonds. The highest BCUT2D eigenvalue weighted by molar-refractivity contribution is 6.06. The molecule has 4 aromatic carbocycles. The third kappa shape index (κ3) is 3.53. The van der Waals surface area contributed by atoms with E-state index in [4.69, 9.17) is 4.98 Å². The third-order valence-corrected chi connectivity index (χ3v) is 5.28. The first kappa shape index (κ1) is 18.1. The Bertz CT molecular complexity index is 1380. The summed E-state index contributed by atoms with van der Waals surface area (Å²) in [7, 11) is 0. The number of para-hydroxylation sites is 2. The molecule has 1 aromatic heterocycles. The number of hydrogen-bond acceptors (Lipinski definition) is 2. The lowest BCUT2D eigenvalue weighted by Crippen LogP contribution is -2.03. The number of fused-ring (bicyclic) bond motifs is 2. The van der Waals surface area contributed by atoms with Gasteiger partial charge in [0.2, 0.25) is 0 Å². The molecule has 3 nitrogen and oxygen atoms in total. The Morgan fingerprint density at radius 3 is 2.40 bits per heavy atom. The Labute approximate surface area is 174 Å². The van der Waals surface area contributed by atoms with Crippen molar-refractivity contribution in [3.63, 3.8) is 0 Å². The van der Waals surface area contributed by atoms with Crippen molar-refractivity contribution in [2.75, 3.05) is 0 Å². The number of imidazole rings is 1. The molecule has 0 fully saturated rings. The maximum atomic E-state index is 12.5. The minimum atomic E-state index is -0.0279. The number of aromatic nitrogens is 2. The number of ketones is 1. The Morgan fingerprint density at radius 1 is 0.800 bits per heavy atom. The van der Waals surface area contributed by atoms with Gasteiger partial charge in [0.05, 0.1) is 11.0 Å². The number of rotatable bonds is 5. The van der Waals surface area contributed by atoms with Crippen LogP contribution >= 0.6 is 0 Å². The normalized spacial score (nSPS) is 11.5. The van der Waals surface area contributed by atoms with Gasteiger partial charge in [-0.3, -0.25) is 4.79 Å². The maximum absolute atomic E-state index is 12.5. The molecule has 0 aliphatic rings. The Hall–Kier alpha value is -3.98. The average Bonchev–Trinajstić information content (AvgIpc) is 3.15. The molecule has 3 heteroatoms. The Kier molecular flexibility index (Phi) is 4.70. The van der Waals surface area contributed by atoms with Crippen LogP contribution < -0.4 is 0 Å². The van der Waals surface area contributed by atoms with Gasteiger partial charge in [-0.25, -0.2) is 4.98 Å². The van der Waals surface area contributed by atoms with Gasteiger partial charge in [0.15, 0.2) is 5.78 Å². The number of nitrogens with zero attached hydrogens (tertiary/aromatic N) is 2. The fraction of sp³-hybridized carbons (Fsp3) is 0.0370. The number of hydrogen-bond donors (Lipinski definition) is 0. The van der Waals surface area contributed by atoms with Crippen molar-refractivity contribution in [1.82, 2.24) is 9.55 Å². The standard InChI is InChI=1S/C27H20N2O/c30-26(22-9-2-1-3-10-22)16-17-27-28-24-12-6-7-13-25(24)29(27)19-20-14-15-21-8-4-5-11-23(21)18-20/h1-18H,19H2/b17-16+. The van der Waals surface area contributed by atoms with Crippen LogP contribution in [0.25, 0.3) is 27.9 Å². The predicted octanol–water partition coefficient (Wildman–Crippen LogP) is 6.13. The highest BCUT2D eigenvalue weighted by Gasteiger charge is 2.10. The van der Waals surface area contributed by atoms with Gasteiger partial charge in [-0.2, -0.15) is 0 Å². The van der Waals surface area contributed by atoms with Gasteiger partial charge in [-0.05, 0) is 46.7 Å². The van der Waals surface area contributed by atoms with Crippen molar-refractivity contribution < 1.29 is 4.79 Å². The zero-order valence-corrected chi connectivity index (χ0v) is 16.4. The van der Waals surface area contributed by atoms with E-state index in [0.717, 1.165) is 16.9 Å². The number of carbonyl (C=O) groups excluding carboxylic acids is 1. The van der Waals surface area contributed by atoms with Gasteiger partial charge in [-0.15, -0.1) is 0 Å². The molecular formula is C27H20N2O. The number of benzene rings is 4. The van der Waals surface area contributed by atoms with E-state index in [-0.39, 0.29) is 5.78 Å². The smallest absolute Gasteiger partial charge is 0.185 e. The average molecular weight is 388 g/mol. The first-order valence-corrected chi connectivity index (χ1v) is 9.98. The van der Waals surface area contributed by atoms with Crippen LogP contribution in [0, 0.1) is 0 Å². The minimum Gasteiger partial charge on any atom is -0.320 e. The number of allylic oxidation sites excluding steroid dienone is 1. The summed E-state index contributed by atoms with van der Waals surface area (Å²) in [6.07, 6.45) is 3.42. The van der Waals surface area contributed by atoms with E-state index in [9.17, 15) is 4.79 Å². The van der Waals surface area contributed by atoms with E-state index in [1.54, 1.807) is 6.08 Å². The SMILES string of the molecule is O=C(/C=C/c1nc2ccccc2n1Cc1ccc2ccccc2c1)c1ccccc1. The van der Waals surface area contributed by atoms with Crippen molar-refractivity contribution in [3.05, 3.63) is 120 Å². The van der Waals surface area contributed by atoms with Crippen LogP contribution in [-0.2, 0) is 6.54 Å². The molecule has 0 aliphatic carbocycles. The highest BCUT2D eigenvalue weighted by Crippen LogP contribution is 2.21. The van der Waals surface area contributed by atoms with Crippen LogP contribution in [-0.4, -0.2) is 15.3 Å². The molecule has 5 rings (SSSR count). The molecule has 0 bridgehead atoms. The summed E-state index contributed by atoms with van der Waals surface area (Å²) >= 11 is 0. The van der Waals surface area contributed by atoms with Crippen molar-refractivity contribution in [2.24, 2.45) is 0 Å². The minimum absolute atomic E-state index is 0.0279. The quantitative estimate of drug-likeness (QED) is 0.268. The summed E-state index contributed by atoms with van der Waals surface area (Å²) in [5.74, 6) is 0.744. The van der Waals surface area contributed by atoms with Crippen LogP contribution in [0.15, 0.2) is 103 Å². The van der Waals surface area contributed by atoms with E-state index >= 15 is 0 Å². The van der Waals surface area contributed by atoms with Gasteiger partial charge in [0.1, 0.15) is 5.82 Å². The summed E-state index contributed by atoms with van der Waals surface area (Å²) in [5, 5.41) is 2.45. The molecule has 1 heterocycles. The molecule has 5 aromatic rings. The fourth-order valence-corrected chi connectivity index (χ4v) is 3.76. The molecule has 0 aliphatic heterocycles. The molecule has 0 saturated carbocycles. The fourth-order valence-electron chi connectivity index (χ4n) is 3.76. The van der Waals surface area contributed by atoms with Crippen molar-refractivity contribution in [2.45, 2.75) is 6.54 Å². The molecule has 0 unspecified atom stereocenters. The van der Waals surface area contributed by atoms with Gasteiger partial charge in [0.25, 0.3) is 0 Å². The summed E-state index contributed by atoms with van der Waals surface area (Å²) in [5.41, 5.74) is 3.84. The van der Waals surface area contributed by atoms with Gasteiger partial charge in [-0.1, -0.05) is 78.9 Å². The Balaban J connectivity index is 1.53. The van der Waals surface area contributed by atoms with E-state index in [2.05, 4.69) is 53.1 Å². The van der Waals surface area contributed by atoms with E-state index in [0.29, 0.717) is 12.1 Å². The second-order valence-electron chi connectivity index (χ2n) is 7.29. The van der Waals surface area contributed by atoms with Crippen molar-refractivity contribution in [1.29, 1.82) is 0 Å². The molecule has 0 radical (unpaired) electrons. The van der Waals surface area contributed by atoms with Gasteiger partial charge < -0.3 is 4.57 Å². The molecule has 0 saturated heterocycles. The topological polar surface area (TPSA) is 34.9 Å². The van der Waals surface area contributed by atoms with E-state index < -0.39 is 0 Å². The molecule has 144 valence electrons. The van der Waals surface area contributed by atoms with E-state index in [1.807, 2.05) is 54.6 Å². The third-order valence-electron chi connectivity index (χ3n) is 5.28. The van der Waals surface area contributed by atoms with Crippen LogP contribution in [0.1, 0.15) is 21.7 Å². The molecule has 0 spiro atoms. The van der Waals surface area contributed by atoms with Gasteiger partial charge in [0, 0.05) is 12.1 Å². The molecule has 30 heavy (non-hydrogen) atoms. The second kappa shape index (κ2) is 7.80. The largest absolute Gasteiger partial charge is 0.320 e. The summed E-state index contributed by atoms with van der Waals surface area (Å²) in [6.45, 7) is 0.685. The van der Waals surface area contributed by atoms with Crippen LogP contribution in [0.4, 0.5) is 0 Å². The Morgan fingerprint density at radius 2 is 1.53 bits per heavy atom. The lowest BCUT2D eigenvalue weighted by atomic mass is 10.1. The lowest BCUT2D eigenvalue weighted by molar-refractivity contribution is 0.104. The first-order chi connectivity index (χ1) is 14.8. The summed E-state index contributed by atoms with van der Waals surface area (Å²) < 4.78 is 2.16. The lowest BCUT2D eigenvalue weighted by Gasteiger charge is -2.09. The second-order valence-corrected chi connectivity index (χ2v) is 7.29.